The number of carboxylic acid groups (broad SMARTS) is 1. The van der Waals surface area contributed by atoms with Crippen LogP contribution in [0.1, 0.15) is 29.7 Å². The zero-order valence-electron chi connectivity index (χ0n) is 18.4. The molecule has 36 heavy (non-hydrogen) atoms. The van der Waals surface area contributed by atoms with Crippen molar-refractivity contribution in [1.82, 2.24) is 5.32 Å². The average molecular weight is 525 g/mol. The van der Waals surface area contributed by atoms with Gasteiger partial charge < -0.3 is 20.3 Å². The summed E-state index contributed by atoms with van der Waals surface area (Å²) in [4.78, 5) is 24.8. The first-order valence-corrected chi connectivity index (χ1v) is 11.7. The summed E-state index contributed by atoms with van der Waals surface area (Å²) in [6, 6.07) is 6.38. The number of halogens is 3. The Kier molecular flexibility index (Phi) is 7.27. The van der Waals surface area contributed by atoms with Gasteiger partial charge in [-0.2, -0.15) is 18.4 Å². The fourth-order valence-electron chi connectivity index (χ4n) is 3.64. The highest BCUT2D eigenvalue weighted by atomic mass is 32.2. The van der Waals surface area contributed by atoms with Crippen LogP contribution in [0.2, 0.25) is 0 Å². The highest BCUT2D eigenvalue weighted by Crippen LogP contribution is 2.38. The number of hydrogen-bond acceptors (Lipinski definition) is 7. The van der Waals surface area contributed by atoms with Gasteiger partial charge in [-0.15, -0.1) is 0 Å². The Labute approximate surface area is 202 Å². The highest BCUT2D eigenvalue weighted by Gasteiger charge is 2.39. The number of rotatable bonds is 6. The zero-order chi connectivity index (χ0) is 26.8. The predicted octanol–water partition coefficient (Wildman–Crippen LogP) is 3.54. The van der Waals surface area contributed by atoms with E-state index in [9.17, 15) is 46.7 Å². The van der Waals surface area contributed by atoms with Crippen molar-refractivity contribution >= 4 is 27.7 Å². The number of allylic oxidation sites excluding steroid dienone is 1. The van der Waals surface area contributed by atoms with Crippen LogP contribution in [-0.4, -0.2) is 43.2 Å². The van der Waals surface area contributed by atoms with Crippen molar-refractivity contribution in [3.05, 3.63) is 70.6 Å². The second-order valence-corrected chi connectivity index (χ2v) is 9.57. The molecule has 0 aliphatic carbocycles. The lowest BCUT2D eigenvalue weighted by atomic mass is 10.00. The van der Waals surface area contributed by atoms with E-state index < -0.39 is 62.8 Å². The van der Waals surface area contributed by atoms with Gasteiger partial charge in [0.25, 0.3) is 0 Å². The van der Waals surface area contributed by atoms with E-state index in [1.807, 2.05) is 0 Å². The number of benzene rings is 2. The smallest absolute Gasteiger partial charge is 0.449 e. The molecule has 3 rings (SSSR count). The first-order valence-electron chi connectivity index (χ1n) is 10.1. The number of aliphatic hydroxyl groups excluding tert-OH is 1. The van der Waals surface area contributed by atoms with Crippen LogP contribution in [0.3, 0.4) is 0 Å². The molecule has 0 fully saturated rings. The average Bonchev–Trinajstić information content (AvgIpc) is 2.80. The molecule has 2 amide bonds. The minimum Gasteiger partial charge on any atom is -0.449 e. The zero-order valence-corrected chi connectivity index (χ0v) is 19.2. The van der Waals surface area contributed by atoms with E-state index in [-0.39, 0.29) is 22.5 Å². The number of amides is 2. The molecule has 14 heteroatoms. The lowest BCUT2D eigenvalue weighted by molar-refractivity contribution is -0.137. The van der Waals surface area contributed by atoms with Gasteiger partial charge in [-0.25, -0.2) is 18.0 Å². The van der Waals surface area contributed by atoms with Crippen molar-refractivity contribution in [2.75, 3.05) is 17.3 Å². The van der Waals surface area contributed by atoms with Gasteiger partial charge >= 0.3 is 18.4 Å². The van der Waals surface area contributed by atoms with E-state index in [0.29, 0.717) is 6.07 Å². The molecule has 0 saturated heterocycles. The van der Waals surface area contributed by atoms with E-state index in [0.717, 1.165) is 23.1 Å². The molecule has 2 aromatic rings. The largest absolute Gasteiger partial charge is 0.511 e. The van der Waals surface area contributed by atoms with Crippen LogP contribution >= 0.6 is 0 Å². The van der Waals surface area contributed by atoms with Crippen LogP contribution in [0.4, 0.5) is 28.4 Å². The van der Waals surface area contributed by atoms with Gasteiger partial charge in [0.2, 0.25) is 0 Å². The maximum atomic E-state index is 13.2. The second-order valence-electron chi connectivity index (χ2n) is 7.49. The Balaban J connectivity index is 2.24. The Morgan fingerprint density at radius 3 is 2.53 bits per heavy atom. The molecule has 1 aliphatic rings. The predicted molar refractivity (Wildman–Crippen MR) is 117 cm³/mol. The SMILES string of the molecule is CC1=C(OC(=O)O)C(c2ccc(C#N)cc2S(=O)(=O)CCO)NC(=O)N1c1cccc(C(F)(F)F)c1. The molecule has 0 aromatic heterocycles. The van der Waals surface area contributed by atoms with E-state index in [2.05, 4.69) is 5.32 Å². The highest BCUT2D eigenvalue weighted by molar-refractivity contribution is 7.91. The lowest BCUT2D eigenvalue weighted by Crippen LogP contribution is -2.47. The maximum absolute atomic E-state index is 13.2. The number of alkyl halides is 3. The first-order chi connectivity index (χ1) is 16.8. The number of carbonyl (C=O) groups is 2. The van der Waals surface area contributed by atoms with Crippen molar-refractivity contribution < 1.29 is 46.1 Å². The van der Waals surface area contributed by atoms with Gasteiger partial charge in [0.15, 0.2) is 15.6 Å². The van der Waals surface area contributed by atoms with Gasteiger partial charge in [0, 0.05) is 5.56 Å². The van der Waals surface area contributed by atoms with E-state index >= 15 is 0 Å². The second kappa shape index (κ2) is 9.88. The molecule has 0 saturated carbocycles. The van der Waals surface area contributed by atoms with Crippen molar-refractivity contribution in [1.29, 1.82) is 5.26 Å². The van der Waals surface area contributed by atoms with Gasteiger partial charge in [-0.05, 0) is 37.3 Å². The summed E-state index contributed by atoms with van der Waals surface area (Å²) in [7, 11) is -4.21. The molecule has 190 valence electrons. The summed E-state index contributed by atoms with van der Waals surface area (Å²) in [5.74, 6) is -1.21. The number of ether oxygens (including phenoxy) is 1. The fraction of sp³-hybridized carbons (Fsp3) is 0.227. The summed E-state index contributed by atoms with van der Waals surface area (Å²) >= 11 is 0. The minimum atomic E-state index is -4.72. The Morgan fingerprint density at radius 2 is 1.94 bits per heavy atom. The number of anilines is 1. The normalized spacial score (nSPS) is 16.4. The molecule has 2 aromatic carbocycles. The Morgan fingerprint density at radius 1 is 1.25 bits per heavy atom. The molecule has 1 atom stereocenters. The van der Waals surface area contributed by atoms with Crippen molar-refractivity contribution in [2.24, 2.45) is 0 Å². The number of aliphatic hydroxyl groups is 1. The molecule has 1 unspecified atom stereocenters. The van der Waals surface area contributed by atoms with Crippen molar-refractivity contribution in [3.63, 3.8) is 0 Å². The molecule has 1 heterocycles. The molecular formula is C22H18F3N3O7S. The summed E-state index contributed by atoms with van der Waals surface area (Å²) in [6.45, 7) is 0.460. The summed E-state index contributed by atoms with van der Waals surface area (Å²) in [6.07, 6.45) is -6.55. The van der Waals surface area contributed by atoms with Crippen LogP contribution < -0.4 is 10.2 Å². The quantitative estimate of drug-likeness (QED) is 0.484. The molecular weight excluding hydrogens is 507 g/mol. The van der Waals surface area contributed by atoms with Crippen molar-refractivity contribution in [2.45, 2.75) is 24.0 Å². The summed E-state index contributed by atoms with van der Waals surface area (Å²) in [5.41, 5.74) is -1.77. The third-order valence-corrected chi connectivity index (χ3v) is 6.95. The summed E-state index contributed by atoms with van der Waals surface area (Å²) in [5, 5.41) is 30.0. The van der Waals surface area contributed by atoms with Gasteiger partial charge in [0.1, 0.15) is 6.04 Å². The fourth-order valence-corrected chi connectivity index (χ4v) is 4.96. The number of hydrogen-bond donors (Lipinski definition) is 3. The monoisotopic (exact) mass is 525 g/mol. The van der Waals surface area contributed by atoms with Crippen LogP contribution in [0.15, 0.2) is 58.8 Å². The number of carbonyl (C=O) groups excluding carboxylic acids is 1. The molecule has 0 radical (unpaired) electrons. The molecule has 10 nitrogen and oxygen atoms in total. The third kappa shape index (κ3) is 5.26. The number of nitrogens with zero attached hydrogens (tertiary/aromatic N) is 2. The third-order valence-electron chi connectivity index (χ3n) is 5.20. The Hall–Kier alpha value is -4.09. The van der Waals surface area contributed by atoms with E-state index in [1.54, 1.807) is 6.07 Å². The number of nitrogens with one attached hydrogen (secondary N) is 1. The molecule has 0 spiro atoms. The van der Waals surface area contributed by atoms with Crippen LogP contribution in [0, 0.1) is 11.3 Å². The van der Waals surface area contributed by atoms with Crippen molar-refractivity contribution in [3.8, 4) is 6.07 Å². The van der Waals surface area contributed by atoms with Crippen LogP contribution in [-0.2, 0) is 20.8 Å². The Bertz CT molecular complexity index is 1400. The van der Waals surface area contributed by atoms with Gasteiger partial charge in [-0.3, -0.25) is 4.90 Å². The van der Waals surface area contributed by atoms with E-state index in [4.69, 9.17) is 4.74 Å². The minimum absolute atomic E-state index is 0.0654. The topological polar surface area (TPSA) is 157 Å². The lowest BCUT2D eigenvalue weighted by Gasteiger charge is -2.35. The first kappa shape index (κ1) is 26.5. The molecule has 0 bridgehead atoms. The van der Waals surface area contributed by atoms with Crippen LogP contribution in [0.5, 0.6) is 0 Å². The number of nitriles is 1. The number of sulfone groups is 1. The van der Waals surface area contributed by atoms with E-state index in [1.165, 1.54) is 25.1 Å². The standard InChI is InChI=1S/C22H18F3N3O7S/c1-12-19(35-21(31)32)18(16-6-5-13(11-26)9-17(16)36(33,34)8-7-29)27-20(30)28(12)15-4-2-3-14(10-15)22(23,24)25/h2-6,9-10,18,29H,7-8H2,1H3,(H,27,30)(H,31,32). The summed E-state index contributed by atoms with van der Waals surface area (Å²) < 4.78 is 70.1. The number of urea groups is 1. The van der Waals surface area contributed by atoms with Crippen LogP contribution in [0.25, 0.3) is 0 Å². The van der Waals surface area contributed by atoms with Gasteiger partial charge in [0.05, 0.1) is 45.8 Å². The maximum Gasteiger partial charge on any atom is 0.511 e. The molecule has 3 N–H and O–H groups in total. The molecule has 1 aliphatic heterocycles. The van der Waals surface area contributed by atoms with Gasteiger partial charge in [-0.1, -0.05) is 12.1 Å².